The molecule has 0 N–H and O–H groups in total. The first-order valence-electron chi connectivity index (χ1n) is 14.2. The molecule has 4 aliphatic heterocycles. The van der Waals surface area contributed by atoms with Crippen molar-refractivity contribution in [2.45, 2.75) is 77.1 Å². The minimum Gasteiger partial charge on any atom is -0.376 e. The van der Waals surface area contributed by atoms with Gasteiger partial charge in [0.2, 0.25) is 0 Å². The van der Waals surface area contributed by atoms with Crippen molar-refractivity contribution in [1.29, 1.82) is 0 Å². The molecule has 2 atom stereocenters. The van der Waals surface area contributed by atoms with Crippen molar-refractivity contribution in [3.05, 3.63) is 69.2 Å². The molecular formula is C30H36N4O3S5. The number of fused-ring (bicyclic) bond motifs is 3. The van der Waals surface area contributed by atoms with Gasteiger partial charge in [-0.2, -0.15) is 4.68 Å². The van der Waals surface area contributed by atoms with E-state index in [2.05, 4.69) is 72.0 Å². The first kappa shape index (κ1) is 30.2. The number of benzene rings is 1. The molecule has 2 aromatic rings. The molecule has 1 aromatic heterocycles. The largest absolute Gasteiger partial charge is 0.376 e. The second-order valence-corrected chi connectivity index (χ2v) is 17.3. The molecule has 0 bridgehead atoms. The Labute approximate surface area is 267 Å². The third kappa shape index (κ3) is 4.04. The summed E-state index contributed by atoms with van der Waals surface area (Å²) in [6.45, 7) is 14.0. The van der Waals surface area contributed by atoms with Crippen molar-refractivity contribution >= 4 is 78.8 Å². The maximum atomic E-state index is 14.7. The van der Waals surface area contributed by atoms with Crippen LogP contribution in [0.2, 0.25) is 0 Å². The fourth-order valence-corrected chi connectivity index (χ4v) is 12.9. The molecule has 12 heteroatoms. The van der Waals surface area contributed by atoms with Crippen LogP contribution in [0.25, 0.3) is 11.1 Å². The zero-order valence-electron chi connectivity index (χ0n) is 25.2. The number of hydrogen-bond donors (Lipinski definition) is 0. The highest BCUT2D eigenvalue weighted by Crippen LogP contribution is 2.66. The first-order chi connectivity index (χ1) is 19.9. The van der Waals surface area contributed by atoms with Gasteiger partial charge in [-0.3, -0.25) is 14.5 Å². The molecule has 0 spiro atoms. The van der Waals surface area contributed by atoms with E-state index in [1.807, 2.05) is 28.4 Å². The van der Waals surface area contributed by atoms with E-state index in [4.69, 9.17) is 0 Å². The van der Waals surface area contributed by atoms with Crippen molar-refractivity contribution in [1.82, 2.24) is 9.58 Å². The van der Waals surface area contributed by atoms with Crippen LogP contribution in [0, 0.1) is 0 Å². The Bertz CT molecular complexity index is 1700. The van der Waals surface area contributed by atoms with E-state index in [1.54, 1.807) is 11.8 Å². The Kier molecular flexibility index (Phi) is 7.65. The number of amides is 2. The van der Waals surface area contributed by atoms with Crippen LogP contribution in [-0.4, -0.2) is 44.3 Å². The standard InChI is InChI=1S/C30H36N4O3S5/c1-9-11-39-30(38-8)17(4)18(5)40-25-23(30)20-12-19-14-31(7)13-16(3)22(19)21-15-32(34-27(36)41-42-28(34)37)26(35)33(24(20)21)29(25,6)10-2/h12-13H,9-11,14-15H2,1-8H3. The molecule has 0 saturated heterocycles. The van der Waals surface area contributed by atoms with Crippen LogP contribution in [0.4, 0.5) is 10.5 Å². The summed E-state index contributed by atoms with van der Waals surface area (Å²) in [7, 11) is 3.85. The monoisotopic (exact) mass is 660 g/mol. The Morgan fingerprint density at radius 1 is 1.05 bits per heavy atom. The van der Waals surface area contributed by atoms with Gasteiger partial charge in [-0.1, -0.05) is 25.6 Å². The van der Waals surface area contributed by atoms with Crippen LogP contribution in [0.15, 0.2) is 37.2 Å². The number of aromatic nitrogens is 1. The van der Waals surface area contributed by atoms with Crippen LogP contribution < -0.4 is 19.7 Å². The van der Waals surface area contributed by atoms with Gasteiger partial charge >= 0.3 is 15.8 Å². The minimum atomic E-state index is -0.670. The van der Waals surface area contributed by atoms with Gasteiger partial charge in [0, 0.05) is 41.4 Å². The third-order valence-electron chi connectivity index (χ3n) is 9.00. The Balaban J connectivity index is 1.75. The lowest BCUT2D eigenvalue weighted by Crippen LogP contribution is -2.65. The van der Waals surface area contributed by atoms with Gasteiger partial charge < -0.3 is 4.90 Å². The maximum Gasteiger partial charge on any atom is 0.345 e. The van der Waals surface area contributed by atoms with Crippen LogP contribution in [-0.2, 0) is 13.1 Å². The first-order valence-corrected chi connectivity index (χ1v) is 19.3. The maximum absolute atomic E-state index is 14.7. The molecule has 2 amide bonds. The van der Waals surface area contributed by atoms with E-state index in [1.165, 1.54) is 31.5 Å². The average molecular weight is 661 g/mol. The van der Waals surface area contributed by atoms with E-state index in [-0.39, 0.29) is 16.7 Å². The van der Waals surface area contributed by atoms with E-state index in [0.29, 0.717) is 6.42 Å². The average Bonchev–Trinajstić information content (AvgIpc) is 3.29. The number of carbonyl (C=O) groups excluding carboxylic acids is 1. The van der Waals surface area contributed by atoms with Crippen molar-refractivity contribution < 1.29 is 4.79 Å². The van der Waals surface area contributed by atoms with E-state index < -0.39 is 15.3 Å². The van der Waals surface area contributed by atoms with Crippen molar-refractivity contribution in [3.8, 4) is 0 Å². The molecule has 42 heavy (non-hydrogen) atoms. The van der Waals surface area contributed by atoms with Crippen LogP contribution in [0.1, 0.15) is 76.6 Å². The molecule has 1 aromatic carbocycles. The number of nitrogens with zero attached hydrogens (tertiary/aromatic N) is 4. The summed E-state index contributed by atoms with van der Waals surface area (Å²) in [6, 6.07) is 2.02. The number of hydrogen-bond acceptors (Lipinski definition) is 9. The molecule has 0 radical (unpaired) electrons. The van der Waals surface area contributed by atoms with Crippen molar-refractivity contribution in [2.24, 2.45) is 0 Å². The second kappa shape index (κ2) is 10.6. The van der Waals surface area contributed by atoms with Gasteiger partial charge in [-0.25, -0.2) is 9.80 Å². The predicted octanol–water partition coefficient (Wildman–Crippen LogP) is 7.35. The fraction of sp³-hybridized carbons (Fsp3) is 0.500. The summed E-state index contributed by atoms with van der Waals surface area (Å²) in [6.07, 6.45) is 6.13. The number of anilines is 1. The molecule has 4 aliphatic rings. The fourth-order valence-electron chi connectivity index (χ4n) is 6.86. The number of rotatable bonds is 6. The summed E-state index contributed by atoms with van der Waals surface area (Å²) in [5.74, 6) is 1.03. The van der Waals surface area contributed by atoms with Gasteiger partial charge in [0.1, 0.15) is 4.08 Å². The SMILES string of the molecule is CCCSC1(SC)C(C)=C(C)SC2=C1c1cc3c(c4c1N(C(=O)N(n1c(=O)ssc1=O)C4)C2(C)CC)C(C)=CN(C)C3. The Morgan fingerprint density at radius 3 is 2.36 bits per heavy atom. The highest BCUT2D eigenvalue weighted by molar-refractivity contribution is 8.19. The molecule has 7 nitrogen and oxygen atoms in total. The summed E-state index contributed by atoms with van der Waals surface area (Å²) in [5, 5.41) is 1.39. The number of carbonyl (C=O) groups is 1. The molecule has 6 rings (SSSR count). The minimum absolute atomic E-state index is 0.173. The normalized spacial score (nSPS) is 25.1. The highest BCUT2D eigenvalue weighted by atomic mass is 32.9. The van der Waals surface area contributed by atoms with Crippen molar-refractivity contribution in [3.63, 3.8) is 0 Å². The zero-order valence-corrected chi connectivity index (χ0v) is 29.3. The van der Waals surface area contributed by atoms with Crippen LogP contribution >= 0.6 is 56.0 Å². The smallest absolute Gasteiger partial charge is 0.345 e. The lowest BCUT2D eigenvalue weighted by atomic mass is 9.77. The Hall–Kier alpha value is -1.86. The number of thioether (sulfide) groups is 3. The lowest BCUT2D eigenvalue weighted by Gasteiger charge is -2.56. The van der Waals surface area contributed by atoms with Gasteiger partial charge in [0.05, 0.1) is 17.8 Å². The summed E-state index contributed by atoms with van der Waals surface area (Å²) in [4.78, 5) is 46.4. The van der Waals surface area contributed by atoms with Crippen LogP contribution in [0.5, 0.6) is 0 Å². The van der Waals surface area contributed by atoms with Gasteiger partial charge in [0.15, 0.2) is 0 Å². The summed E-state index contributed by atoms with van der Waals surface area (Å²) in [5.41, 5.74) is 8.54. The summed E-state index contributed by atoms with van der Waals surface area (Å²) >= 11 is 5.69. The molecular weight excluding hydrogens is 625 g/mol. The highest BCUT2D eigenvalue weighted by Gasteiger charge is 2.56. The van der Waals surface area contributed by atoms with Gasteiger partial charge in [-0.15, -0.1) is 23.5 Å². The van der Waals surface area contributed by atoms with E-state index in [9.17, 15) is 14.4 Å². The molecule has 0 fully saturated rings. The zero-order chi connectivity index (χ0) is 30.3. The molecule has 0 aliphatic carbocycles. The molecule has 5 heterocycles. The number of allylic oxidation sites excluding steroid dienone is 2. The third-order valence-corrected chi connectivity index (χ3v) is 15.7. The van der Waals surface area contributed by atoms with E-state index in [0.717, 1.165) is 72.0 Å². The summed E-state index contributed by atoms with van der Waals surface area (Å²) < 4.78 is 0.769. The second-order valence-electron chi connectivity index (χ2n) is 11.5. The van der Waals surface area contributed by atoms with Crippen molar-refractivity contribution in [2.75, 3.05) is 29.0 Å². The van der Waals surface area contributed by atoms with Gasteiger partial charge in [-0.05, 0) is 106 Å². The molecule has 224 valence electrons. The Morgan fingerprint density at radius 2 is 1.74 bits per heavy atom. The van der Waals surface area contributed by atoms with E-state index >= 15 is 0 Å². The lowest BCUT2D eigenvalue weighted by molar-refractivity contribution is 0.237. The molecule has 0 saturated carbocycles. The van der Waals surface area contributed by atoms with Crippen LogP contribution in [0.3, 0.4) is 0 Å². The number of urea groups is 1. The topological polar surface area (TPSA) is 65.9 Å². The predicted molar refractivity (Wildman–Crippen MR) is 185 cm³/mol. The molecule has 2 unspecified atom stereocenters. The van der Waals surface area contributed by atoms with Gasteiger partial charge in [0.25, 0.3) is 0 Å². The quantitative estimate of drug-likeness (QED) is 0.237.